The minimum atomic E-state index is -0.548. The van der Waals surface area contributed by atoms with Crippen LogP contribution in [0.2, 0.25) is 0 Å². The van der Waals surface area contributed by atoms with Crippen LogP contribution in [0.3, 0.4) is 0 Å². The predicted molar refractivity (Wildman–Crippen MR) is 122 cm³/mol. The number of likely N-dealkylation sites (tertiary alicyclic amines) is 1. The van der Waals surface area contributed by atoms with Crippen molar-refractivity contribution in [2.24, 2.45) is 23.2 Å². The SMILES string of the molecule is CC(C)(C)OC(=O)NCCC(=O)NC1CCN(C(=O)CC23CC4CC(CC(C4)C2)C3)CC1. The third kappa shape index (κ3) is 5.96. The van der Waals surface area contributed by atoms with Crippen molar-refractivity contribution in [1.29, 1.82) is 0 Å². The molecule has 0 unspecified atom stereocenters. The molecule has 5 aliphatic rings. The van der Waals surface area contributed by atoms with Crippen molar-refractivity contribution in [2.75, 3.05) is 19.6 Å². The van der Waals surface area contributed by atoms with E-state index in [1.54, 1.807) is 20.8 Å². The number of carbonyl (C=O) groups excluding carboxylic acids is 3. The van der Waals surface area contributed by atoms with Crippen molar-refractivity contribution in [3.63, 3.8) is 0 Å². The summed E-state index contributed by atoms with van der Waals surface area (Å²) in [5, 5.41) is 5.67. The third-order valence-electron chi connectivity index (χ3n) is 7.92. The van der Waals surface area contributed by atoms with Gasteiger partial charge in [-0.15, -0.1) is 0 Å². The van der Waals surface area contributed by atoms with Crippen LogP contribution in [0.15, 0.2) is 0 Å². The van der Waals surface area contributed by atoms with E-state index in [9.17, 15) is 14.4 Å². The Bertz CT molecular complexity index is 686. The summed E-state index contributed by atoms with van der Waals surface area (Å²) < 4.78 is 5.17. The van der Waals surface area contributed by atoms with Gasteiger partial charge in [-0.05, 0) is 95.3 Å². The smallest absolute Gasteiger partial charge is 0.407 e. The van der Waals surface area contributed by atoms with E-state index in [1.807, 2.05) is 4.90 Å². The Kier molecular flexibility index (Phi) is 6.73. The van der Waals surface area contributed by atoms with Gasteiger partial charge in [0.25, 0.3) is 0 Å². The number of ether oxygens (including phenoxy) is 1. The van der Waals surface area contributed by atoms with Crippen molar-refractivity contribution >= 4 is 17.9 Å². The second kappa shape index (κ2) is 9.22. The molecule has 2 N–H and O–H groups in total. The Hall–Kier alpha value is -1.79. The molecule has 7 nitrogen and oxygen atoms in total. The zero-order chi connectivity index (χ0) is 22.9. The highest BCUT2D eigenvalue weighted by molar-refractivity contribution is 5.78. The highest BCUT2D eigenvalue weighted by atomic mass is 16.6. The fourth-order valence-electron chi connectivity index (χ4n) is 7.10. The molecule has 180 valence electrons. The molecule has 4 bridgehead atoms. The number of nitrogens with one attached hydrogen (secondary N) is 2. The Morgan fingerprint density at radius 2 is 1.53 bits per heavy atom. The van der Waals surface area contributed by atoms with Gasteiger partial charge in [-0.1, -0.05) is 0 Å². The van der Waals surface area contributed by atoms with Crippen LogP contribution >= 0.6 is 0 Å². The molecule has 5 fully saturated rings. The van der Waals surface area contributed by atoms with Crippen molar-refractivity contribution < 1.29 is 19.1 Å². The van der Waals surface area contributed by atoms with Crippen molar-refractivity contribution in [3.8, 4) is 0 Å². The second-order valence-corrected chi connectivity index (χ2v) is 12.0. The van der Waals surface area contributed by atoms with Gasteiger partial charge in [0, 0.05) is 38.5 Å². The molecule has 0 spiro atoms. The quantitative estimate of drug-likeness (QED) is 0.651. The summed E-state index contributed by atoms with van der Waals surface area (Å²) in [6.45, 7) is 7.13. The number of carbonyl (C=O) groups is 3. The van der Waals surface area contributed by atoms with Crippen molar-refractivity contribution in [2.45, 2.75) is 96.6 Å². The third-order valence-corrected chi connectivity index (χ3v) is 7.92. The summed E-state index contributed by atoms with van der Waals surface area (Å²) >= 11 is 0. The standard InChI is InChI=1S/C25H41N3O4/c1-24(2,3)32-23(31)26-7-4-21(29)27-20-5-8-28(9-6-20)22(30)16-25-13-17-10-18(14-25)12-19(11-17)15-25/h17-20H,4-16H2,1-3H3,(H,26,31)(H,27,29). The minimum absolute atomic E-state index is 0.0700. The Morgan fingerprint density at radius 3 is 2.06 bits per heavy atom. The molecule has 7 heteroatoms. The largest absolute Gasteiger partial charge is 0.444 e. The molecule has 32 heavy (non-hydrogen) atoms. The molecule has 4 saturated carbocycles. The molecular weight excluding hydrogens is 406 g/mol. The molecule has 1 aliphatic heterocycles. The molecule has 0 aromatic heterocycles. The lowest BCUT2D eigenvalue weighted by Crippen LogP contribution is -2.50. The van der Waals surface area contributed by atoms with Crippen LogP contribution in [0.1, 0.15) is 85.0 Å². The lowest BCUT2D eigenvalue weighted by molar-refractivity contribution is -0.140. The number of alkyl carbamates (subject to hydrolysis) is 1. The first-order valence-electron chi connectivity index (χ1n) is 12.6. The topological polar surface area (TPSA) is 87.7 Å². The van der Waals surface area contributed by atoms with Gasteiger partial charge in [0.2, 0.25) is 11.8 Å². The van der Waals surface area contributed by atoms with Crippen molar-refractivity contribution in [1.82, 2.24) is 15.5 Å². The van der Waals surface area contributed by atoms with E-state index in [0.717, 1.165) is 50.1 Å². The molecule has 1 heterocycles. The van der Waals surface area contributed by atoms with Crippen LogP contribution in [-0.4, -0.2) is 54.1 Å². The summed E-state index contributed by atoms with van der Waals surface area (Å²) in [4.78, 5) is 39.0. The number of amides is 3. The maximum atomic E-state index is 13.1. The van der Waals surface area contributed by atoms with E-state index >= 15 is 0 Å². The zero-order valence-corrected chi connectivity index (χ0v) is 20.1. The van der Waals surface area contributed by atoms with Gasteiger partial charge in [0.15, 0.2) is 0 Å². The highest BCUT2D eigenvalue weighted by Gasteiger charge is 2.51. The lowest BCUT2D eigenvalue weighted by atomic mass is 9.49. The normalized spacial score (nSPS) is 32.0. The van der Waals surface area contributed by atoms with E-state index in [-0.39, 0.29) is 30.3 Å². The van der Waals surface area contributed by atoms with Crippen LogP contribution in [0, 0.1) is 23.2 Å². The summed E-state index contributed by atoms with van der Waals surface area (Å²) in [6, 6.07) is 0.104. The van der Waals surface area contributed by atoms with Crippen LogP contribution in [0.4, 0.5) is 4.79 Å². The number of hydrogen-bond acceptors (Lipinski definition) is 4. The van der Waals surface area contributed by atoms with Crippen LogP contribution < -0.4 is 10.6 Å². The lowest BCUT2D eigenvalue weighted by Gasteiger charge is -2.57. The van der Waals surface area contributed by atoms with E-state index in [2.05, 4.69) is 10.6 Å². The first-order chi connectivity index (χ1) is 15.1. The predicted octanol–water partition coefficient (Wildman–Crippen LogP) is 3.61. The molecule has 4 aliphatic carbocycles. The Balaban J connectivity index is 1.14. The minimum Gasteiger partial charge on any atom is -0.444 e. The molecule has 0 radical (unpaired) electrons. The van der Waals surface area contributed by atoms with E-state index in [0.29, 0.717) is 5.91 Å². The van der Waals surface area contributed by atoms with Gasteiger partial charge in [-0.2, -0.15) is 0 Å². The number of hydrogen-bond donors (Lipinski definition) is 2. The molecule has 5 rings (SSSR count). The van der Waals surface area contributed by atoms with E-state index in [4.69, 9.17) is 4.74 Å². The fourth-order valence-corrected chi connectivity index (χ4v) is 7.10. The number of rotatable bonds is 6. The number of nitrogens with zero attached hydrogens (tertiary/aromatic N) is 1. The molecule has 0 aromatic rings. The summed E-state index contributed by atoms with van der Waals surface area (Å²) in [6.07, 6.45) is 10.1. The van der Waals surface area contributed by atoms with Crippen LogP contribution in [-0.2, 0) is 14.3 Å². The second-order valence-electron chi connectivity index (χ2n) is 12.0. The summed E-state index contributed by atoms with van der Waals surface area (Å²) in [5.74, 6) is 2.89. The van der Waals surface area contributed by atoms with Crippen LogP contribution in [0.25, 0.3) is 0 Å². The Morgan fingerprint density at radius 1 is 0.969 bits per heavy atom. The van der Waals surface area contributed by atoms with Gasteiger partial charge in [-0.25, -0.2) is 4.79 Å². The summed E-state index contributed by atoms with van der Waals surface area (Å²) in [7, 11) is 0. The van der Waals surface area contributed by atoms with Crippen LogP contribution in [0.5, 0.6) is 0 Å². The fraction of sp³-hybridized carbons (Fsp3) is 0.880. The van der Waals surface area contributed by atoms with Gasteiger partial charge >= 0.3 is 6.09 Å². The monoisotopic (exact) mass is 447 g/mol. The van der Waals surface area contributed by atoms with Crippen molar-refractivity contribution in [3.05, 3.63) is 0 Å². The maximum absolute atomic E-state index is 13.1. The average Bonchev–Trinajstić information content (AvgIpc) is 2.65. The molecule has 3 amide bonds. The average molecular weight is 448 g/mol. The first kappa shape index (κ1) is 23.4. The first-order valence-corrected chi connectivity index (χ1v) is 12.6. The van der Waals surface area contributed by atoms with E-state index in [1.165, 1.54) is 38.5 Å². The zero-order valence-electron chi connectivity index (χ0n) is 20.1. The van der Waals surface area contributed by atoms with Gasteiger partial charge in [-0.3, -0.25) is 9.59 Å². The number of piperidine rings is 1. The molecule has 0 atom stereocenters. The van der Waals surface area contributed by atoms with Gasteiger partial charge < -0.3 is 20.3 Å². The van der Waals surface area contributed by atoms with Gasteiger partial charge in [0.1, 0.15) is 5.60 Å². The van der Waals surface area contributed by atoms with Gasteiger partial charge in [0.05, 0.1) is 0 Å². The molecule has 0 aromatic carbocycles. The summed E-state index contributed by atoms with van der Waals surface area (Å²) in [5.41, 5.74) is -0.258. The Labute approximate surface area is 192 Å². The molecule has 1 saturated heterocycles. The van der Waals surface area contributed by atoms with E-state index < -0.39 is 11.7 Å². The maximum Gasteiger partial charge on any atom is 0.407 e. The molecular formula is C25H41N3O4. The highest BCUT2D eigenvalue weighted by Crippen LogP contribution is 2.61.